The van der Waals surface area contributed by atoms with Crippen molar-refractivity contribution in [3.05, 3.63) is 46.1 Å². The van der Waals surface area contributed by atoms with Crippen LogP contribution in [-0.4, -0.2) is 32.8 Å². The molecule has 132 valence electrons. The number of quaternary nitrogens is 1. The number of benzene rings is 1. The number of thiazole rings is 1. The topological polar surface area (TPSA) is 54.9 Å². The molecule has 1 aliphatic rings. The fourth-order valence-corrected chi connectivity index (χ4v) is 4.78. The average Bonchev–Trinajstić information content (AvgIpc) is 3.10. The van der Waals surface area contributed by atoms with Crippen LogP contribution in [-0.2, 0) is 0 Å². The molecular weight excluding hydrogens is 346 g/mol. The van der Waals surface area contributed by atoms with Crippen LogP contribution in [0.4, 0.5) is 8.78 Å². The van der Waals surface area contributed by atoms with Gasteiger partial charge in [0.25, 0.3) is 0 Å². The molecule has 5 nitrogen and oxygen atoms in total. The van der Waals surface area contributed by atoms with E-state index in [1.165, 1.54) is 33.2 Å². The Morgan fingerprint density at radius 3 is 2.64 bits per heavy atom. The molecule has 0 saturated carbocycles. The van der Waals surface area contributed by atoms with Gasteiger partial charge in [0.1, 0.15) is 10.7 Å². The molecule has 0 spiro atoms. The maximum absolute atomic E-state index is 13.8. The minimum atomic E-state index is -0.867. The molecule has 1 aromatic carbocycles. The summed E-state index contributed by atoms with van der Waals surface area (Å²) in [5.74, 6) is -1.11. The van der Waals surface area contributed by atoms with Crippen molar-refractivity contribution in [2.45, 2.75) is 32.2 Å². The first-order valence-corrected chi connectivity index (χ1v) is 9.21. The number of halogens is 2. The zero-order chi connectivity index (χ0) is 17.6. The minimum Gasteiger partial charge on any atom is -0.492 e. The van der Waals surface area contributed by atoms with Gasteiger partial charge in [0, 0.05) is 5.56 Å². The number of piperidine rings is 1. The SMILES string of the molecule is Cc1nc2sc([C@@H](c3ccc(F)c(F)c3)[NH+]3CCCCC3)c(O)n2n1. The van der Waals surface area contributed by atoms with Crippen molar-refractivity contribution in [3.63, 3.8) is 0 Å². The van der Waals surface area contributed by atoms with Crippen LogP contribution in [0.2, 0.25) is 0 Å². The van der Waals surface area contributed by atoms with Gasteiger partial charge in [0.15, 0.2) is 17.7 Å². The Kier molecular flexibility index (Phi) is 4.16. The largest absolute Gasteiger partial charge is 0.492 e. The number of rotatable bonds is 3. The number of aryl methyl sites for hydroxylation is 1. The third-order valence-corrected chi connectivity index (χ3v) is 5.83. The number of aromatic hydroxyl groups is 1. The first kappa shape index (κ1) is 16.4. The summed E-state index contributed by atoms with van der Waals surface area (Å²) in [4.78, 5) is 6.86. The maximum Gasteiger partial charge on any atom is 0.235 e. The Balaban J connectivity index is 1.84. The van der Waals surface area contributed by atoms with Crippen LogP contribution in [0, 0.1) is 18.6 Å². The van der Waals surface area contributed by atoms with Gasteiger partial charge in [-0.3, -0.25) is 0 Å². The number of hydrogen-bond donors (Lipinski definition) is 2. The Morgan fingerprint density at radius 1 is 1.20 bits per heavy atom. The van der Waals surface area contributed by atoms with E-state index in [-0.39, 0.29) is 11.9 Å². The predicted molar refractivity (Wildman–Crippen MR) is 90.0 cm³/mol. The van der Waals surface area contributed by atoms with Gasteiger partial charge in [-0.1, -0.05) is 11.3 Å². The lowest BCUT2D eigenvalue weighted by Gasteiger charge is -2.31. The number of likely N-dealkylation sites (tertiary alicyclic amines) is 1. The Labute approximate surface area is 147 Å². The first-order valence-electron chi connectivity index (χ1n) is 8.39. The van der Waals surface area contributed by atoms with Gasteiger partial charge in [0.05, 0.1) is 13.1 Å². The third-order valence-electron chi connectivity index (χ3n) is 4.75. The molecule has 0 aliphatic carbocycles. The summed E-state index contributed by atoms with van der Waals surface area (Å²) in [5, 5.41) is 14.9. The van der Waals surface area contributed by atoms with E-state index in [2.05, 4.69) is 10.1 Å². The van der Waals surface area contributed by atoms with Gasteiger partial charge >= 0.3 is 0 Å². The van der Waals surface area contributed by atoms with E-state index >= 15 is 0 Å². The van der Waals surface area contributed by atoms with Crippen LogP contribution in [0.15, 0.2) is 18.2 Å². The van der Waals surface area contributed by atoms with Crippen molar-refractivity contribution in [2.75, 3.05) is 13.1 Å². The molecule has 1 aliphatic heterocycles. The highest BCUT2D eigenvalue weighted by molar-refractivity contribution is 7.17. The van der Waals surface area contributed by atoms with Crippen LogP contribution in [0.5, 0.6) is 5.88 Å². The monoisotopic (exact) mass is 365 g/mol. The molecule has 0 unspecified atom stereocenters. The summed E-state index contributed by atoms with van der Waals surface area (Å²) in [5.41, 5.74) is 0.660. The van der Waals surface area contributed by atoms with Crippen LogP contribution >= 0.6 is 11.3 Å². The highest BCUT2D eigenvalue weighted by atomic mass is 32.1. The first-order chi connectivity index (χ1) is 12.0. The van der Waals surface area contributed by atoms with Crippen molar-refractivity contribution in [1.29, 1.82) is 0 Å². The molecule has 1 saturated heterocycles. The molecule has 3 heterocycles. The minimum absolute atomic E-state index is 0.0356. The molecule has 1 atom stereocenters. The molecule has 0 radical (unpaired) electrons. The molecule has 1 fully saturated rings. The number of aromatic nitrogens is 3. The quantitative estimate of drug-likeness (QED) is 0.749. The second-order valence-electron chi connectivity index (χ2n) is 6.47. The second-order valence-corrected chi connectivity index (χ2v) is 7.48. The molecule has 2 N–H and O–H groups in total. The molecular formula is C17H19F2N4OS+. The van der Waals surface area contributed by atoms with Crippen LogP contribution in [0.1, 0.15) is 41.6 Å². The standard InChI is InChI=1S/C17H18F2N4OS/c1-10-20-17-23(21-10)16(24)15(25-17)14(22-7-3-2-4-8-22)11-5-6-12(18)13(19)9-11/h5-6,9,14,24H,2-4,7-8H2,1H3/p+1/t14-/m1/s1. The van der Waals surface area contributed by atoms with Gasteiger partial charge in [-0.05, 0) is 44.4 Å². The molecule has 4 rings (SSSR count). The van der Waals surface area contributed by atoms with Gasteiger partial charge in [-0.2, -0.15) is 4.52 Å². The van der Waals surface area contributed by atoms with E-state index in [9.17, 15) is 13.9 Å². The van der Waals surface area contributed by atoms with Gasteiger partial charge in [-0.15, -0.1) is 5.10 Å². The fourth-order valence-electron chi connectivity index (χ4n) is 3.60. The average molecular weight is 365 g/mol. The highest BCUT2D eigenvalue weighted by Crippen LogP contribution is 2.35. The summed E-state index contributed by atoms with van der Waals surface area (Å²) in [6.45, 7) is 3.62. The van der Waals surface area contributed by atoms with Crippen LogP contribution in [0.3, 0.4) is 0 Å². The van der Waals surface area contributed by atoms with Gasteiger partial charge < -0.3 is 10.0 Å². The van der Waals surface area contributed by atoms with Crippen molar-refractivity contribution >= 4 is 16.3 Å². The van der Waals surface area contributed by atoms with Crippen molar-refractivity contribution in [2.24, 2.45) is 0 Å². The second kappa shape index (κ2) is 6.34. The summed E-state index contributed by atoms with van der Waals surface area (Å²) in [6, 6.07) is 3.73. The Bertz CT molecular complexity index is 917. The maximum atomic E-state index is 13.8. The van der Waals surface area contributed by atoms with E-state index in [1.54, 1.807) is 13.0 Å². The Morgan fingerprint density at radius 2 is 1.96 bits per heavy atom. The predicted octanol–water partition coefficient (Wildman–Crippen LogP) is 2.24. The summed E-state index contributed by atoms with van der Waals surface area (Å²) < 4.78 is 28.7. The number of nitrogens with one attached hydrogen (secondary N) is 1. The van der Waals surface area contributed by atoms with E-state index in [0.717, 1.165) is 32.0 Å². The summed E-state index contributed by atoms with van der Waals surface area (Å²) in [6.07, 6.45) is 3.33. The zero-order valence-electron chi connectivity index (χ0n) is 13.8. The van der Waals surface area contributed by atoms with E-state index in [1.807, 2.05) is 0 Å². The zero-order valence-corrected chi connectivity index (χ0v) is 14.6. The molecule has 0 amide bonds. The number of nitrogens with zero attached hydrogens (tertiary/aromatic N) is 3. The van der Waals surface area contributed by atoms with Crippen LogP contribution in [0.25, 0.3) is 4.96 Å². The lowest BCUT2D eigenvalue weighted by molar-refractivity contribution is -0.930. The third kappa shape index (κ3) is 2.89. The van der Waals surface area contributed by atoms with E-state index in [0.29, 0.717) is 21.2 Å². The van der Waals surface area contributed by atoms with Crippen LogP contribution < -0.4 is 4.90 Å². The smallest absolute Gasteiger partial charge is 0.235 e. The fraction of sp³-hybridized carbons (Fsp3) is 0.412. The summed E-state index contributed by atoms with van der Waals surface area (Å²) >= 11 is 1.35. The van der Waals surface area contributed by atoms with Crippen molar-refractivity contribution in [1.82, 2.24) is 14.6 Å². The van der Waals surface area contributed by atoms with Crippen molar-refractivity contribution in [3.8, 4) is 5.88 Å². The van der Waals surface area contributed by atoms with Gasteiger partial charge in [-0.25, -0.2) is 13.8 Å². The lowest BCUT2D eigenvalue weighted by atomic mass is 10.00. The van der Waals surface area contributed by atoms with Crippen molar-refractivity contribution < 1.29 is 18.8 Å². The lowest BCUT2D eigenvalue weighted by Crippen LogP contribution is -3.13. The molecule has 2 aromatic heterocycles. The number of hydrogen-bond acceptors (Lipinski definition) is 4. The molecule has 3 aromatic rings. The molecule has 8 heteroatoms. The number of fused-ring (bicyclic) bond motifs is 1. The van der Waals surface area contributed by atoms with E-state index in [4.69, 9.17) is 0 Å². The normalized spacial score (nSPS) is 17.2. The Hall–Kier alpha value is -2.06. The van der Waals surface area contributed by atoms with Gasteiger partial charge in [0.2, 0.25) is 10.8 Å². The molecule has 0 bridgehead atoms. The molecule has 25 heavy (non-hydrogen) atoms. The summed E-state index contributed by atoms with van der Waals surface area (Å²) in [7, 11) is 0. The highest BCUT2D eigenvalue weighted by Gasteiger charge is 2.34. The van der Waals surface area contributed by atoms with E-state index < -0.39 is 11.6 Å².